The number of sulfonamides is 1. The van der Waals surface area contributed by atoms with Gasteiger partial charge in [-0.15, -0.1) is 0 Å². The van der Waals surface area contributed by atoms with E-state index in [9.17, 15) is 26.4 Å². The Bertz CT molecular complexity index is 1360. The second-order valence-electron chi connectivity index (χ2n) is 8.30. The van der Waals surface area contributed by atoms with Gasteiger partial charge in [0.1, 0.15) is 4.90 Å². The fourth-order valence-corrected chi connectivity index (χ4v) is 6.19. The number of amides is 1. The van der Waals surface area contributed by atoms with Crippen LogP contribution in [0.15, 0.2) is 59.6 Å². The van der Waals surface area contributed by atoms with Crippen LogP contribution < -0.4 is 5.32 Å². The Hall–Kier alpha value is -2.89. The maximum absolute atomic E-state index is 13.4. The molecule has 2 aromatic carbocycles. The predicted molar refractivity (Wildman–Crippen MR) is 124 cm³/mol. The average Bonchev–Trinajstić information content (AvgIpc) is 3.38. The van der Waals surface area contributed by atoms with Crippen LogP contribution in [0.2, 0.25) is 5.02 Å². The molecule has 4 rings (SSSR count). The third-order valence-corrected chi connectivity index (χ3v) is 8.53. The van der Waals surface area contributed by atoms with Crippen LogP contribution >= 0.6 is 11.6 Å². The minimum absolute atomic E-state index is 0.0553. The molecule has 0 bridgehead atoms. The number of aryl methyl sites for hydroxylation is 1. The molecule has 1 aromatic heterocycles. The van der Waals surface area contributed by atoms with Crippen molar-refractivity contribution in [1.82, 2.24) is 19.4 Å². The van der Waals surface area contributed by atoms with Gasteiger partial charge in [0.15, 0.2) is 0 Å². The van der Waals surface area contributed by atoms with Crippen molar-refractivity contribution in [3.8, 4) is 0 Å². The SMILES string of the molecule is Cc1c(S(=O)(=O)N2CC(NC(=O)c3cccc(C(F)(F)F)c3Cl)C(c3ccccc3)C2)cnn1C. The van der Waals surface area contributed by atoms with Gasteiger partial charge in [-0.3, -0.25) is 9.48 Å². The van der Waals surface area contributed by atoms with E-state index in [1.807, 2.05) is 18.2 Å². The minimum atomic E-state index is -4.72. The topological polar surface area (TPSA) is 84.3 Å². The molecule has 7 nitrogen and oxygen atoms in total. The summed E-state index contributed by atoms with van der Waals surface area (Å²) >= 11 is 5.93. The van der Waals surface area contributed by atoms with Crippen LogP contribution in [0.5, 0.6) is 0 Å². The molecule has 1 aliphatic heterocycles. The molecular weight excluding hydrogens is 505 g/mol. The molecule has 1 N–H and O–H groups in total. The number of nitrogens with one attached hydrogen (secondary N) is 1. The van der Waals surface area contributed by atoms with Crippen molar-refractivity contribution in [2.75, 3.05) is 13.1 Å². The van der Waals surface area contributed by atoms with Gasteiger partial charge < -0.3 is 5.32 Å². The van der Waals surface area contributed by atoms with Crippen molar-refractivity contribution in [3.05, 3.63) is 82.1 Å². The molecule has 35 heavy (non-hydrogen) atoms. The van der Waals surface area contributed by atoms with Crippen LogP contribution in [0.25, 0.3) is 0 Å². The summed E-state index contributed by atoms with van der Waals surface area (Å²) in [5.41, 5.74) is -0.204. The van der Waals surface area contributed by atoms with Crippen molar-refractivity contribution in [2.24, 2.45) is 7.05 Å². The molecule has 2 atom stereocenters. The van der Waals surface area contributed by atoms with Crippen LogP contribution in [0.3, 0.4) is 0 Å². The number of nitrogens with zero attached hydrogens (tertiary/aromatic N) is 3. The molecule has 1 amide bonds. The molecule has 3 aromatic rings. The Labute approximate surface area is 205 Å². The maximum atomic E-state index is 13.4. The molecule has 1 saturated heterocycles. The summed E-state index contributed by atoms with van der Waals surface area (Å²) in [5.74, 6) is -1.25. The van der Waals surface area contributed by atoms with E-state index in [2.05, 4.69) is 10.4 Å². The molecule has 1 aliphatic rings. The highest BCUT2D eigenvalue weighted by Crippen LogP contribution is 2.37. The van der Waals surface area contributed by atoms with Crippen LogP contribution in [-0.4, -0.2) is 47.5 Å². The van der Waals surface area contributed by atoms with Gasteiger partial charge in [0.2, 0.25) is 10.0 Å². The molecule has 0 saturated carbocycles. The van der Waals surface area contributed by atoms with Gasteiger partial charge >= 0.3 is 6.18 Å². The number of aromatic nitrogens is 2. The molecule has 2 heterocycles. The standard InChI is InChI=1S/C23H22ClF3N4O3S/c1-14-20(11-28-30(14)2)35(33,34)31-12-17(15-7-4-3-5-8-15)19(13-31)29-22(32)16-9-6-10-18(21(16)24)23(25,26)27/h3-11,17,19H,12-13H2,1-2H3,(H,29,32). The summed E-state index contributed by atoms with van der Waals surface area (Å²) < 4.78 is 69.2. The first-order chi connectivity index (χ1) is 16.4. The first-order valence-corrected chi connectivity index (χ1v) is 12.4. The maximum Gasteiger partial charge on any atom is 0.417 e. The summed E-state index contributed by atoms with van der Waals surface area (Å²) in [6.45, 7) is 1.64. The fourth-order valence-electron chi connectivity index (χ4n) is 4.19. The van der Waals surface area contributed by atoms with Crippen molar-refractivity contribution in [2.45, 2.75) is 30.0 Å². The predicted octanol–water partition coefficient (Wildman–Crippen LogP) is 3.99. The fraction of sp³-hybridized carbons (Fsp3) is 0.304. The van der Waals surface area contributed by atoms with E-state index in [4.69, 9.17) is 11.6 Å². The molecule has 2 unspecified atom stereocenters. The Morgan fingerprint density at radius 1 is 1.11 bits per heavy atom. The Balaban J connectivity index is 1.66. The van der Waals surface area contributed by atoms with E-state index in [1.54, 1.807) is 26.1 Å². The number of halogens is 4. The van der Waals surface area contributed by atoms with Gasteiger partial charge in [-0.05, 0) is 24.6 Å². The lowest BCUT2D eigenvalue weighted by Gasteiger charge is -2.21. The Kier molecular flexibility index (Phi) is 6.69. The molecule has 0 aliphatic carbocycles. The first-order valence-electron chi connectivity index (χ1n) is 10.6. The normalized spacial score (nSPS) is 19.1. The third kappa shape index (κ3) is 4.80. The summed E-state index contributed by atoms with van der Waals surface area (Å²) in [5, 5.41) is 6.02. The van der Waals surface area contributed by atoms with Crippen molar-refractivity contribution in [1.29, 1.82) is 0 Å². The lowest BCUT2D eigenvalue weighted by Crippen LogP contribution is -2.40. The average molecular weight is 527 g/mol. The van der Waals surface area contributed by atoms with Gasteiger partial charge in [0, 0.05) is 26.1 Å². The molecule has 0 spiro atoms. The van der Waals surface area contributed by atoms with Crippen molar-refractivity contribution >= 4 is 27.5 Å². The Morgan fingerprint density at radius 3 is 2.40 bits per heavy atom. The van der Waals surface area contributed by atoms with Crippen LogP contribution in [-0.2, 0) is 23.2 Å². The molecular formula is C23H22ClF3N4O3S. The van der Waals surface area contributed by atoms with E-state index in [0.717, 1.165) is 17.7 Å². The number of hydrogen-bond donors (Lipinski definition) is 1. The van der Waals surface area contributed by atoms with Crippen LogP contribution in [0.4, 0.5) is 13.2 Å². The highest BCUT2D eigenvalue weighted by atomic mass is 35.5. The van der Waals surface area contributed by atoms with E-state index in [0.29, 0.717) is 5.69 Å². The van der Waals surface area contributed by atoms with Crippen LogP contribution in [0, 0.1) is 6.92 Å². The van der Waals surface area contributed by atoms with E-state index >= 15 is 0 Å². The number of carbonyl (C=O) groups is 1. The highest BCUT2D eigenvalue weighted by molar-refractivity contribution is 7.89. The van der Waals surface area contributed by atoms with Crippen molar-refractivity contribution in [3.63, 3.8) is 0 Å². The third-order valence-electron chi connectivity index (χ3n) is 6.19. The molecule has 12 heteroatoms. The number of benzene rings is 2. The zero-order valence-electron chi connectivity index (χ0n) is 18.8. The minimum Gasteiger partial charge on any atom is -0.347 e. The number of hydrogen-bond acceptors (Lipinski definition) is 4. The number of carbonyl (C=O) groups excluding carboxylic acids is 1. The quantitative estimate of drug-likeness (QED) is 0.545. The van der Waals surface area contributed by atoms with Gasteiger partial charge in [-0.2, -0.15) is 22.6 Å². The van der Waals surface area contributed by atoms with Gasteiger partial charge in [0.25, 0.3) is 5.91 Å². The van der Waals surface area contributed by atoms with Crippen molar-refractivity contribution < 1.29 is 26.4 Å². The van der Waals surface area contributed by atoms with Gasteiger partial charge in [-0.1, -0.05) is 48.0 Å². The second kappa shape index (κ2) is 9.29. The summed E-state index contributed by atoms with van der Waals surface area (Å²) in [4.78, 5) is 13.1. The molecule has 1 fully saturated rings. The summed E-state index contributed by atoms with van der Waals surface area (Å²) in [6, 6.07) is 11.4. The van der Waals surface area contributed by atoms with Crippen LogP contribution in [0.1, 0.15) is 33.1 Å². The lowest BCUT2D eigenvalue weighted by atomic mass is 9.94. The Morgan fingerprint density at radius 2 is 1.80 bits per heavy atom. The lowest BCUT2D eigenvalue weighted by molar-refractivity contribution is -0.137. The number of alkyl halides is 3. The van der Waals surface area contributed by atoms with Gasteiger partial charge in [-0.25, -0.2) is 8.42 Å². The zero-order valence-corrected chi connectivity index (χ0v) is 20.3. The van der Waals surface area contributed by atoms with E-state index < -0.39 is 44.7 Å². The number of rotatable bonds is 5. The molecule has 186 valence electrons. The van der Waals surface area contributed by atoms with Gasteiger partial charge in [0.05, 0.1) is 34.1 Å². The summed E-state index contributed by atoms with van der Waals surface area (Å²) in [7, 11) is -2.30. The largest absolute Gasteiger partial charge is 0.417 e. The first kappa shape index (κ1) is 25.2. The highest BCUT2D eigenvalue weighted by Gasteiger charge is 2.42. The molecule has 0 radical (unpaired) electrons. The summed E-state index contributed by atoms with van der Waals surface area (Å²) in [6.07, 6.45) is -3.45. The monoisotopic (exact) mass is 526 g/mol. The van der Waals surface area contributed by atoms with E-state index in [1.165, 1.54) is 21.3 Å². The van der Waals surface area contributed by atoms with E-state index in [-0.39, 0.29) is 23.5 Å². The zero-order chi connectivity index (χ0) is 25.5. The smallest absolute Gasteiger partial charge is 0.347 e. The second-order valence-corrected chi connectivity index (χ2v) is 10.6.